The van der Waals surface area contributed by atoms with Crippen molar-refractivity contribution in [3.63, 3.8) is 0 Å². The molecule has 1 aliphatic rings. The van der Waals surface area contributed by atoms with Crippen molar-refractivity contribution in [1.29, 1.82) is 5.26 Å². The molecule has 3 aromatic carbocycles. The fourth-order valence-electron chi connectivity index (χ4n) is 4.46. The van der Waals surface area contributed by atoms with Gasteiger partial charge in [-0.1, -0.05) is 48.0 Å². The molecule has 1 aliphatic heterocycles. The Hall–Kier alpha value is -4.12. The van der Waals surface area contributed by atoms with Crippen LogP contribution in [0.5, 0.6) is 11.5 Å². The van der Waals surface area contributed by atoms with Crippen LogP contribution in [0.3, 0.4) is 0 Å². The maximum atomic E-state index is 12.9. The summed E-state index contributed by atoms with van der Waals surface area (Å²) in [6.07, 6.45) is 4.33. The third-order valence-corrected chi connectivity index (χ3v) is 6.61. The molecule has 7 nitrogen and oxygen atoms in total. The van der Waals surface area contributed by atoms with Gasteiger partial charge in [-0.15, -0.1) is 0 Å². The average Bonchev–Trinajstić information content (AvgIpc) is 3.49. The van der Waals surface area contributed by atoms with Crippen LogP contribution in [0.2, 0.25) is 5.02 Å². The van der Waals surface area contributed by atoms with Crippen LogP contribution in [-0.2, 0) is 24.4 Å². The van der Waals surface area contributed by atoms with Crippen LogP contribution in [-0.4, -0.2) is 32.9 Å². The van der Waals surface area contributed by atoms with Crippen molar-refractivity contribution in [2.45, 2.75) is 32.1 Å². The number of likely N-dealkylation sites (tertiary alicyclic amines) is 1. The monoisotopic (exact) mass is 511 g/mol. The summed E-state index contributed by atoms with van der Waals surface area (Å²) in [5.41, 5.74) is 3.45. The lowest BCUT2D eigenvalue weighted by atomic mass is 10.1. The van der Waals surface area contributed by atoms with Crippen LogP contribution >= 0.6 is 11.6 Å². The van der Waals surface area contributed by atoms with E-state index in [-0.39, 0.29) is 11.9 Å². The Kier molecular flexibility index (Phi) is 7.50. The van der Waals surface area contributed by atoms with Crippen molar-refractivity contribution in [3.05, 3.63) is 113 Å². The molecule has 1 fully saturated rings. The van der Waals surface area contributed by atoms with Crippen molar-refractivity contribution in [2.75, 3.05) is 6.54 Å². The minimum Gasteiger partial charge on any atom is -0.456 e. The summed E-state index contributed by atoms with van der Waals surface area (Å²) in [4.78, 5) is 19.1. The Labute approximate surface area is 220 Å². The highest BCUT2D eigenvalue weighted by atomic mass is 35.5. The Morgan fingerprint density at radius 2 is 1.89 bits per heavy atom. The highest BCUT2D eigenvalue weighted by molar-refractivity contribution is 6.30. The highest BCUT2D eigenvalue weighted by Gasteiger charge is 2.31. The first kappa shape index (κ1) is 24.6. The number of nitrogens with zero attached hydrogens (tertiary/aromatic N) is 4. The molecule has 8 heteroatoms. The summed E-state index contributed by atoms with van der Waals surface area (Å²) in [5, 5.41) is 13.6. The maximum absolute atomic E-state index is 12.9. The predicted octanol–water partition coefficient (Wildman–Crippen LogP) is 5.14. The van der Waals surface area contributed by atoms with E-state index in [1.807, 2.05) is 76.2 Å². The van der Waals surface area contributed by atoms with Gasteiger partial charge in [-0.05, 0) is 53.9 Å². The predicted molar refractivity (Wildman–Crippen MR) is 141 cm³/mol. The molecule has 0 spiro atoms. The van der Waals surface area contributed by atoms with Crippen molar-refractivity contribution in [3.8, 4) is 17.6 Å². The Bertz CT molecular complexity index is 1430. The molecule has 1 atom stereocenters. The van der Waals surface area contributed by atoms with Crippen LogP contribution in [0.1, 0.15) is 28.8 Å². The molecule has 4 aromatic rings. The molecular formula is C29H26ClN5O2. The zero-order valence-electron chi connectivity index (χ0n) is 20.2. The second-order valence-electron chi connectivity index (χ2n) is 8.98. The van der Waals surface area contributed by atoms with Gasteiger partial charge in [0.05, 0.1) is 23.6 Å². The number of aromatic nitrogens is 2. The van der Waals surface area contributed by atoms with E-state index in [0.29, 0.717) is 48.3 Å². The molecule has 0 radical (unpaired) electrons. The fraction of sp³-hybridized carbons (Fsp3) is 0.207. The molecule has 186 valence electrons. The van der Waals surface area contributed by atoms with E-state index in [2.05, 4.69) is 16.4 Å². The number of hydrogen-bond donors (Lipinski definition) is 1. The second-order valence-corrected chi connectivity index (χ2v) is 9.42. The van der Waals surface area contributed by atoms with Gasteiger partial charge in [0.2, 0.25) is 5.91 Å². The standard InChI is InChI=1S/C29H26ClN5O2/c30-24-6-4-5-21(13-24)18-34-12-11-27(29(34)36)33-17-25-16-32-20-35(25)19-22-9-10-23(15-31)28(14-22)37-26-7-2-1-3-8-26/h1-10,13-14,16,20,27,33H,11-12,17-19H2/t27-/m0/s1. The third kappa shape index (κ3) is 6.00. The van der Waals surface area contributed by atoms with Crippen LogP contribution in [0.15, 0.2) is 85.3 Å². The molecule has 0 saturated carbocycles. The van der Waals surface area contributed by atoms with Crippen LogP contribution < -0.4 is 10.1 Å². The maximum Gasteiger partial charge on any atom is 0.240 e. The number of amides is 1. The molecule has 37 heavy (non-hydrogen) atoms. The third-order valence-electron chi connectivity index (χ3n) is 6.38. The van der Waals surface area contributed by atoms with Gasteiger partial charge in [-0.2, -0.15) is 5.26 Å². The molecule has 1 saturated heterocycles. The van der Waals surface area contributed by atoms with Gasteiger partial charge in [-0.25, -0.2) is 4.98 Å². The van der Waals surface area contributed by atoms with Gasteiger partial charge >= 0.3 is 0 Å². The van der Waals surface area contributed by atoms with Crippen LogP contribution in [0.4, 0.5) is 0 Å². The molecule has 0 bridgehead atoms. The average molecular weight is 512 g/mol. The van der Waals surface area contributed by atoms with Crippen LogP contribution in [0, 0.1) is 11.3 Å². The number of nitrogens with one attached hydrogen (secondary N) is 1. The van der Waals surface area contributed by atoms with Gasteiger partial charge < -0.3 is 19.5 Å². The van der Waals surface area contributed by atoms with Gasteiger partial charge in [0.25, 0.3) is 0 Å². The van der Waals surface area contributed by atoms with Crippen molar-refractivity contribution < 1.29 is 9.53 Å². The second kappa shape index (κ2) is 11.3. The Morgan fingerprint density at radius 1 is 1.05 bits per heavy atom. The molecule has 0 aliphatic carbocycles. The van der Waals surface area contributed by atoms with Crippen LogP contribution in [0.25, 0.3) is 0 Å². The number of nitriles is 1. The topological polar surface area (TPSA) is 83.2 Å². The van der Waals surface area contributed by atoms with E-state index in [4.69, 9.17) is 16.3 Å². The van der Waals surface area contributed by atoms with Gasteiger partial charge in [-0.3, -0.25) is 4.79 Å². The van der Waals surface area contributed by atoms with E-state index in [9.17, 15) is 10.1 Å². The number of rotatable bonds is 9. The van der Waals surface area contributed by atoms with Gasteiger partial charge in [0.1, 0.15) is 17.6 Å². The normalized spacial score (nSPS) is 15.1. The summed E-state index contributed by atoms with van der Waals surface area (Å²) in [6.45, 7) is 2.34. The lowest BCUT2D eigenvalue weighted by molar-refractivity contribution is -0.129. The van der Waals surface area contributed by atoms with E-state index in [0.717, 1.165) is 23.2 Å². The molecule has 1 amide bonds. The van der Waals surface area contributed by atoms with E-state index < -0.39 is 0 Å². The Balaban J connectivity index is 1.21. The molecule has 1 aromatic heterocycles. The summed E-state index contributed by atoms with van der Waals surface area (Å²) in [5.74, 6) is 1.29. The number of hydrogen-bond acceptors (Lipinski definition) is 5. The quantitative estimate of drug-likeness (QED) is 0.336. The zero-order valence-corrected chi connectivity index (χ0v) is 20.9. The lowest BCUT2D eigenvalue weighted by Gasteiger charge is -2.18. The lowest BCUT2D eigenvalue weighted by Crippen LogP contribution is -2.38. The van der Waals surface area contributed by atoms with E-state index in [1.54, 1.807) is 18.6 Å². The SMILES string of the molecule is N#Cc1ccc(Cn2cncc2CN[C@H]2CCN(Cc3cccc(Cl)c3)C2=O)cc1Oc1ccccc1. The zero-order chi connectivity index (χ0) is 25.6. The number of halogens is 1. The molecule has 1 N–H and O–H groups in total. The first-order valence-electron chi connectivity index (χ1n) is 12.1. The summed E-state index contributed by atoms with van der Waals surface area (Å²) in [6, 6.07) is 24.6. The smallest absolute Gasteiger partial charge is 0.240 e. The van der Waals surface area contributed by atoms with Crippen molar-refractivity contribution >= 4 is 17.5 Å². The number of ether oxygens (including phenoxy) is 1. The number of para-hydroxylation sites is 1. The summed E-state index contributed by atoms with van der Waals surface area (Å²) in [7, 11) is 0. The van der Waals surface area contributed by atoms with E-state index in [1.165, 1.54) is 0 Å². The first-order valence-corrected chi connectivity index (χ1v) is 12.5. The minimum atomic E-state index is -0.233. The number of carbonyl (C=O) groups excluding carboxylic acids is 1. The minimum absolute atomic E-state index is 0.0980. The fourth-order valence-corrected chi connectivity index (χ4v) is 4.67. The van der Waals surface area contributed by atoms with Crippen molar-refractivity contribution in [1.82, 2.24) is 19.8 Å². The first-order chi connectivity index (χ1) is 18.1. The number of imidazole rings is 1. The molecule has 0 unspecified atom stereocenters. The number of benzene rings is 3. The largest absolute Gasteiger partial charge is 0.456 e. The van der Waals surface area contributed by atoms with E-state index >= 15 is 0 Å². The van der Waals surface area contributed by atoms with Crippen molar-refractivity contribution in [2.24, 2.45) is 0 Å². The Morgan fingerprint density at radius 3 is 2.70 bits per heavy atom. The van der Waals surface area contributed by atoms with Gasteiger partial charge in [0.15, 0.2) is 0 Å². The number of carbonyl (C=O) groups is 1. The molecule has 2 heterocycles. The van der Waals surface area contributed by atoms with Gasteiger partial charge in [0, 0.05) is 37.4 Å². The summed E-state index contributed by atoms with van der Waals surface area (Å²) < 4.78 is 8.00. The molecule has 5 rings (SSSR count). The summed E-state index contributed by atoms with van der Waals surface area (Å²) >= 11 is 6.09. The molecular weight excluding hydrogens is 486 g/mol. The highest BCUT2D eigenvalue weighted by Crippen LogP contribution is 2.27.